The van der Waals surface area contributed by atoms with Gasteiger partial charge in [-0.05, 0) is 25.5 Å². The molecule has 1 saturated heterocycles. The number of hydrogen-bond acceptors (Lipinski definition) is 5. The highest BCUT2D eigenvalue weighted by Crippen LogP contribution is 2.27. The molecular weight excluding hydrogens is 248 g/mol. The number of esters is 1. The maximum Gasteiger partial charge on any atom is 0.415 e. The molecule has 1 atom stereocenters. The van der Waals surface area contributed by atoms with E-state index >= 15 is 0 Å². The Bertz CT molecular complexity index is 515. The molecule has 0 saturated carbocycles. The number of carbonyl (C=O) groups is 2. The smallest absolute Gasteiger partial charge is 0.415 e. The van der Waals surface area contributed by atoms with Gasteiger partial charge in [0.25, 0.3) is 0 Å². The lowest BCUT2D eigenvalue weighted by molar-refractivity contribution is 0.0601. The summed E-state index contributed by atoms with van der Waals surface area (Å²) in [7, 11) is 1.30. The van der Waals surface area contributed by atoms with E-state index in [-0.39, 0.29) is 11.6 Å². The number of carbonyl (C=O) groups excluding carboxylic acids is 2. The van der Waals surface area contributed by atoms with E-state index in [0.29, 0.717) is 12.4 Å². The average Bonchev–Trinajstić information content (AvgIpc) is 2.78. The van der Waals surface area contributed by atoms with Gasteiger partial charge in [-0.3, -0.25) is 4.90 Å². The molecule has 0 unspecified atom stereocenters. The van der Waals surface area contributed by atoms with Crippen LogP contribution in [-0.4, -0.2) is 36.8 Å². The number of ether oxygens (including phenoxy) is 2. The Balaban J connectivity index is 2.50. The minimum atomic E-state index is -0.517. The van der Waals surface area contributed by atoms with Crippen molar-refractivity contribution in [3.05, 3.63) is 23.4 Å². The summed E-state index contributed by atoms with van der Waals surface area (Å²) >= 11 is 0. The summed E-state index contributed by atoms with van der Waals surface area (Å²) < 4.78 is 9.75. The Morgan fingerprint density at radius 2 is 2.32 bits per heavy atom. The predicted octanol–water partition coefficient (Wildman–Crippen LogP) is 1.91. The van der Waals surface area contributed by atoms with Gasteiger partial charge in [-0.25, -0.2) is 14.6 Å². The van der Waals surface area contributed by atoms with Crippen LogP contribution in [0.1, 0.15) is 29.4 Å². The van der Waals surface area contributed by atoms with Gasteiger partial charge in [-0.2, -0.15) is 0 Å². The normalized spacial score (nSPS) is 18.4. The van der Waals surface area contributed by atoms with Crippen molar-refractivity contribution in [3.63, 3.8) is 0 Å². The van der Waals surface area contributed by atoms with Gasteiger partial charge in [-0.1, -0.05) is 6.92 Å². The van der Waals surface area contributed by atoms with E-state index in [1.165, 1.54) is 12.0 Å². The lowest BCUT2D eigenvalue weighted by Gasteiger charge is -2.21. The number of aromatic nitrogens is 1. The molecule has 0 aromatic carbocycles. The van der Waals surface area contributed by atoms with Crippen LogP contribution in [0.2, 0.25) is 0 Å². The van der Waals surface area contributed by atoms with Crippen LogP contribution in [-0.2, 0) is 9.47 Å². The second-order valence-electron chi connectivity index (χ2n) is 4.32. The summed E-state index contributed by atoms with van der Waals surface area (Å²) in [6, 6.07) is 3.21. The van der Waals surface area contributed by atoms with Gasteiger partial charge in [0.05, 0.1) is 13.2 Å². The topological polar surface area (TPSA) is 68.7 Å². The molecule has 0 aliphatic carbocycles. The Morgan fingerprint density at radius 1 is 1.58 bits per heavy atom. The molecule has 2 heterocycles. The minimum absolute atomic E-state index is 0.106. The predicted molar refractivity (Wildman–Crippen MR) is 68.2 cm³/mol. The summed E-state index contributed by atoms with van der Waals surface area (Å²) in [6.45, 7) is 4.06. The molecule has 1 fully saturated rings. The summed E-state index contributed by atoms with van der Waals surface area (Å²) in [4.78, 5) is 29.3. The molecule has 0 N–H and O–H groups in total. The standard InChI is InChI=1S/C13H16N2O4/c1-4-9-7-19-13(17)15(9)11-10(12(16)18-3)6-5-8(2)14-11/h5-6,9H,4,7H2,1-3H3/t9-/m0/s1. The first-order chi connectivity index (χ1) is 9.08. The molecule has 102 valence electrons. The van der Waals surface area contributed by atoms with Crippen LogP contribution >= 0.6 is 0 Å². The molecule has 1 aliphatic rings. The molecule has 2 rings (SSSR count). The molecule has 1 aromatic rings. The van der Waals surface area contributed by atoms with Gasteiger partial charge >= 0.3 is 12.1 Å². The number of rotatable bonds is 3. The number of anilines is 1. The van der Waals surface area contributed by atoms with Crippen molar-refractivity contribution < 1.29 is 19.1 Å². The maximum absolute atomic E-state index is 11.8. The molecule has 1 aliphatic heterocycles. The largest absolute Gasteiger partial charge is 0.465 e. The second-order valence-corrected chi connectivity index (χ2v) is 4.32. The summed E-state index contributed by atoms with van der Waals surface area (Å²) in [5.74, 6) is -0.210. The van der Waals surface area contributed by atoms with Crippen molar-refractivity contribution in [1.29, 1.82) is 0 Å². The van der Waals surface area contributed by atoms with E-state index in [9.17, 15) is 9.59 Å². The summed E-state index contributed by atoms with van der Waals surface area (Å²) in [5.41, 5.74) is 0.989. The highest BCUT2D eigenvalue weighted by atomic mass is 16.6. The van der Waals surface area contributed by atoms with Crippen molar-refractivity contribution >= 4 is 17.9 Å². The van der Waals surface area contributed by atoms with Crippen molar-refractivity contribution in [2.45, 2.75) is 26.3 Å². The lowest BCUT2D eigenvalue weighted by atomic mass is 10.1. The Kier molecular flexibility index (Phi) is 3.69. The molecular formula is C13H16N2O4. The molecule has 19 heavy (non-hydrogen) atoms. The van der Waals surface area contributed by atoms with Crippen LogP contribution in [0.25, 0.3) is 0 Å². The Labute approximate surface area is 111 Å². The van der Waals surface area contributed by atoms with Crippen LogP contribution < -0.4 is 4.90 Å². The van der Waals surface area contributed by atoms with Crippen LogP contribution in [0.4, 0.5) is 10.6 Å². The molecule has 1 aromatic heterocycles. The van der Waals surface area contributed by atoms with Gasteiger partial charge in [-0.15, -0.1) is 0 Å². The fourth-order valence-corrected chi connectivity index (χ4v) is 2.02. The quantitative estimate of drug-likeness (QED) is 0.780. The number of pyridine rings is 1. The maximum atomic E-state index is 11.8. The van der Waals surface area contributed by atoms with Gasteiger partial charge in [0.15, 0.2) is 5.82 Å². The van der Waals surface area contributed by atoms with Crippen molar-refractivity contribution in [3.8, 4) is 0 Å². The number of cyclic esters (lactones) is 1. The van der Waals surface area contributed by atoms with E-state index in [0.717, 1.165) is 12.1 Å². The number of hydrogen-bond donors (Lipinski definition) is 0. The first kappa shape index (κ1) is 13.3. The molecule has 1 amide bonds. The van der Waals surface area contributed by atoms with E-state index < -0.39 is 12.1 Å². The molecule has 6 heteroatoms. The number of nitrogens with zero attached hydrogens (tertiary/aromatic N) is 2. The van der Waals surface area contributed by atoms with Crippen LogP contribution in [0.5, 0.6) is 0 Å². The third kappa shape index (κ3) is 2.38. The number of methoxy groups -OCH3 is 1. The fraction of sp³-hybridized carbons (Fsp3) is 0.462. The van der Waals surface area contributed by atoms with Gasteiger partial charge in [0.2, 0.25) is 0 Å². The first-order valence-corrected chi connectivity index (χ1v) is 6.10. The molecule has 0 radical (unpaired) electrons. The molecule has 0 spiro atoms. The van der Waals surface area contributed by atoms with Crippen LogP contribution in [0.3, 0.4) is 0 Å². The van der Waals surface area contributed by atoms with Crippen molar-refractivity contribution in [2.75, 3.05) is 18.6 Å². The third-order valence-corrected chi connectivity index (χ3v) is 3.08. The fourth-order valence-electron chi connectivity index (χ4n) is 2.02. The van der Waals surface area contributed by atoms with Gasteiger partial charge in [0.1, 0.15) is 12.2 Å². The van der Waals surface area contributed by atoms with Crippen molar-refractivity contribution in [1.82, 2.24) is 4.98 Å². The SMILES string of the molecule is CC[C@H]1COC(=O)N1c1nc(C)ccc1C(=O)OC. The van der Waals surface area contributed by atoms with Crippen LogP contribution in [0.15, 0.2) is 12.1 Å². The van der Waals surface area contributed by atoms with Crippen LogP contribution in [0, 0.1) is 6.92 Å². The zero-order valence-electron chi connectivity index (χ0n) is 11.2. The third-order valence-electron chi connectivity index (χ3n) is 3.08. The molecule has 0 bridgehead atoms. The van der Waals surface area contributed by atoms with Gasteiger partial charge in [0, 0.05) is 5.69 Å². The second kappa shape index (κ2) is 5.26. The lowest BCUT2D eigenvalue weighted by Crippen LogP contribution is -2.35. The Morgan fingerprint density at radius 3 is 2.95 bits per heavy atom. The van der Waals surface area contributed by atoms with E-state index in [4.69, 9.17) is 9.47 Å². The molecule has 6 nitrogen and oxygen atoms in total. The Hall–Kier alpha value is -2.11. The number of aryl methyl sites for hydroxylation is 1. The minimum Gasteiger partial charge on any atom is -0.465 e. The zero-order valence-corrected chi connectivity index (χ0v) is 11.2. The summed E-state index contributed by atoms with van der Waals surface area (Å²) in [6.07, 6.45) is 0.247. The average molecular weight is 264 g/mol. The van der Waals surface area contributed by atoms with E-state index in [1.54, 1.807) is 19.1 Å². The van der Waals surface area contributed by atoms with Crippen molar-refractivity contribution in [2.24, 2.45) is 0 Å². The highest BCUT2D eigenvalue weighted by Gasteiger charge is 2.36. The van der Waals surface area contributed by atoms with E-state index in [2.05, 4.69) is 4.98 Å². The van der Waals surface area contributed by atoms with Gasteiger partial charge < -0.3 is 9.47 Å². The summed E-state index contributed by atoms with van der Waals surface area (Å²) in [5, 5.41) is 0. The highest BCUT2D eigenvalue weighted by molar-refractivity contribution is 6.00. The first-order valence-electron chi connectivity index (χ1n) is 6.10. The monoisotopic (exact) mass is 264 g/mol. The van der Waals surface area contributed by atoms with E-state index in [1.807, 2.05) is 6.92 Å². The zero-order chi connectivity index (χ0) is 14.0. The number of amides is 1.